The number of nitrogens with one attached hydrogen (secondary N) is 2. The van der Waals surface area contributed by atoms with Crippen LogP contribution in [0.15, 0.2) is 23.3 Å². The molecule has 0 bridgehead atoms. The molecule has 7 nitrogen and oxygen atoms in total. The lowest BCUT2D eigenvalue weighted by molar-refractivity contribution is -0.134. The molecule has 1 amide bonds. The van der Waals surface area contributed by atoms with Crippen LogP contribution in [0.2, 0.25) is 0 Å². The predicted octanol–water partition coefficient (Wildman–Crippen LogP) is 2.33. The van der Waals surface area contributed by atoms with Gasteiger partial charge in [-0.05, 0) is 49.7 Å². The molecule has 3 aliphatic rings. The van der Waals surface area contributed by atoms with Gasteiger partial charge in [0.05, 0.1) is 6.61 Å². The third kappa shape index (κ3) is 5.61. The van der Waals surface area contributed by atoms with E-state index in [1.807, 2.05) is 17.0 Å². The van der Waals surface area contributed by atoms with Crippen molar-refractivity contribution >= 4 is 11.9 Å². The van der Waals surface area contributed by atoms with E-state index in [1.165, 1.54) is 25.7 Å². The van der Waals surface area contributed by atoms with Crippen LogP contribution in [0.5, 0.6) is 5.88 Å². The van der Waals surface area contributed by atoms with Crippen LogP contribution in [0, 0.1) is 11.8 Å². The second kappa shape index (κ2) is 9.46. The first-order valence-corrected chi connectivity index (χ1v) is 11.0. The lowest BCUT2D eigenvalue weighted by Gasteiger charge is -2.21. The number of hydrogen-bond acceptors (Lipinski definition) is 4. The fourth-order valence-corrected chi connectivity index (χ4v) is 4.21. The highest BCUT2D eigenvalue weighted by Gasteiger charge is 2.32. The number of ether oxygens (including phenoxy) is 1. The van der Waals surface area contributed by atoms with Crippen molar-refractivity contribution in [2.24, 2.45) is 16.8 Å². The minimum Gasteiger partial charge on any atom is -0.477 e. The number of amides is 1. The summed E-state index contributed by atoms with van der Waals surface area (Å²) in [4.78, 5) is 23.3. The molecular formula is C22H33N5O2. The van der Waals surface area contributed by atoms with Crippen LogP contribution in [-0.4, -0.2) is 54.5 Å². The Morgan fingerprint density at radius 2 is 2.10 bits per heavy atom. The van der Waals surface area contributed by atoms with Crippen molar-refractivity contribution in [2.45, 2.75) is 57.5 Å². The zero-order chi connectivity index (χ0) is 20.1. The lowest BCUT2D eigenvalue weighted by Crippen LogP contribution is -2.45. The number of likely N-dealkylation sites (tertiary alicyclic amines) is 1. The van der Waals surface area contributed by atoms with E-state index in [0.29, 0.717) is 24.2 Å². The van der Waals surface area contributed by atoms with Gasteiger partial charge >= 0.3 is 0 Å². The van der Waals surface area contributed by atoms with Crippen molar-refractivity contribution in [1.29, 1.82) is 0 Å². The second-order valence-corrected chi connectivity index (χ2v) is 8.58. The molecule has 0 radical (unpaired) electrons. The molecule has 158 valence electrons. The van der Waals surface area contributed by atoms with Crippen LogP contribution >= 0.6 is 0 Å². The van der Waals surface area contributed by atoms with E-state index in [-0.39, 0.29) is 12.0 Å². The molecule has 0 aromatic carbocycles. The van der Waals surface area contributed by atoms with Crippen molar-refractivity contribution in [3.63, 3.8) is 0 Å². The minimum atomic E-state index is 0.251. The van der Waals surface area contributed by atoms with Gasteiger partial charge in [-0.25, -0.2) is 4.98 Å². The molecule has 1 aliphatic heterocycles. The van der Waals surface area contributed by atoms with Crippen molar-refractivity contribution in [1.82, 2.24) is 20.5 Å². The first-order valence-electron chi connectivity index (χ1n) is 11.0. The molecular weight excluding hydrogens is 366 g/mol. The molecule has 1 aromatic heterocycles. The maximum Gasteiger partial charge on any atom is 0.225 e. The highest BCUT2D eigenvalue weighted by molar-refractivity contribution is 5.81. The number of pyridine rings is 1. The number of rotatable bonds is 7. The second-order valence-electron chi connectivity index (χ2n) is 8.58. The van der Waals surface area contributed by atoms with Crippen LogP contribution < -0.4 is 15.4 Å². The molecule has 2 aliphatic carbocycles. The SMILES string of the molecule is CN=C(NCc1ccnc(OCC2CC2)c1)NC1CCN(C(=O)C2CCCC2)C1. The molecule has 1 saturated heterocycles. The molecule has 29 heavy (non-hydrogen) atoms. The number of aliphatic imine (C=N–C) groups is 1. The Hall–Kier alpha value is -2.31. The molecule has 0 spiro atoms. The van der Waals surface area contributed by atoms with Crippen LogP contribution in [-0.2, 0) is 11.3 Å². The zero-order valence-electron chi connectivity index (χ0n) is 17.4. The van der Waals surface area contributed by atoms with E-state index in [9.17, 15) is 4.79 Å². The number of nitrogens with zero attached hydrogens (tertiary/aromatic N) is 3. The van der Waals surface area contributed by atoms with E-state index in [4.69, 9.17) is 4.74 Å². The number of aromatic nitrogens is 1. The van der Waals surface area contributed by atoms with Crippen LogP contribution in [0.25, 0.3) is 0 Å². The average Bonchev–Trinajstić information content (AvgIpc) is 3.20. The topological polar surface area (TPSA) is 78.9 Å². The van der Waals surface area contributed by atoms with Gasteiger partial charge in [-0.2, -0.15) is 0 Å². The number of hydrogen-bond donors (Lipinski definition) is 2. The van der Waals surface area contributed by atoms with Gasteiger partial charge in [0.2, 0.25) is 11.8 Å². The van der Waals surface area contributed by atoms with Crippen molar-refractivity contribution < 1.29 is 9.53 Å². The molecule has 3 fully saturated rings. The Morgan fingerprint density at radius 1 is 1.28 bits per heavy atom. The lowest BCUT2D eigenvalue weighted by atomic mass is 10.1. The van der Waals surface area contributed by atoms with Gasteiger partial charge < -0.3 is 20.3 Å². The monoisotopic (exact) mass is 399 g/mol. The van der Waals surface area contributed by atoms with Crippen molar-refractivity contribution in [3.05, 3.63) is 23.9 Å². The highest BCUT2D eigenvalue weighted by atomic mass is 16.5. The summed E-state index contributed by atoms with van der Waals surface area (Å²) >= 11 is 0. The first kappa shape index (κ1) is 20.0. The Morgan fingerprint density at radius 3 is 2.86 bits per heavy atom. The van der Waals surface area contributed by atoms with Gasteiger partial charge in [0.25, 0.3) is 0 Å². The molecule has 2 N–H and O–H groups in total. The molecule has 1 aromatic rings. The van der Waals surface area contributed by atoms with E-state index in [1.54, 1.807) is 13.2 Å². The Balaban J connectivity index is 1.22. The number of carbonyl (C=O) groups is 1. The van der Waals surface area contributed by atoms with Gasteiger partial charge in [0.15, 0.2) is 5.96 Å². The maximum atomic E-state index is 12.6. The summed E-state index contributed by atoms with van der Waals surface area (Å²) in [6.07, 6.45) is 9.83. The van der Waals surface area contributed by atoms with E-state index >= 15 is 0 Å². The smallest absolute Gasteiger partial charge is 0.225 e. The fourth-order valence-electron chi connectivity index (χ4n) is 4.21. The van der Waals surface area contributed by atoms with Gasteiger partial charge in [-0.1, -0.05) is 12.8 Å². The standard InChI is InChI=1S/C22H33N5O2/c1-23-22(25-13-17-8-10-24-20(12-17)29-15-16-6-7-16)26-19-9-11-27(14-19)21(28)18-4-2-3-5-18/h8,10,12,16,18-19H,2-7,9,11,13-15H2,1H3,(H2,23,25,26). The maximum absolute atomic E-state index is 12.6. The van der Waals surface area contributed by atoms with Crippen molar-refractivity contribution in [3.8, 4) is 5.88 Å². The third-order valence-electron chi connectivity index (χ3n) is 6.19. The summed E-state index contributed by atoms with van der Waals surface area (Å²) in [7, 11) is 1.78. The van der Waals surface area contributed by atoms with Crippen LogP contribution in [0.4, 0.5) is 0 Å². The fraction of sp³-hybridized carbons (Fsp3) is 0.682. The number of guanidine groups is 1. The number of carbonyl (C=O) groups excluding carboxylic acids is 1. The van der Waals surface area contributed by atoms with E-state index < -0.39 is 0 Å². The summed E-state index contributed by atoms with van der Waals surface area (Å²) in [5.41, 5.74) is 1.11. The summed E-state index contributed by atoms with van der Waals surface area (Å²) in [5, 5.41) is 6.84. The summed E-state index contributed by atoms with van der Waals surface area (Å²) in [6, 6.07) is 4.23. The molecule has 2 saturated carbocycles. The molecule has 7 heteroatoms. The third-order valence-corrected chi connectivity index (χ3v) is 6.19. The largest absolute Gasteiger partial charge is 0.477 e. The van der Waals surface area contributed by atoms with Gasteiger partial charge in [-0.15, -0.1) is 0 Å². The molecule has 2 heterocycles. The van der Waals surface area contributed by atoms with E-state index in [0.717, 1.165) is 50.5 Å². The predicted molar refractivity (Wildman–Crippen MR) is 113 cm³/mol. The summed E-state index contributed by atoms with van der Waals surface area (Å²) < 4.78 is 5.77. The quantitative estimate of drug-likeness (QED) is 0.543. The molecule has 1 atom stereocenters. The zero-order valence-corrected chi connectivity index (χ0v) is 17.4. The van der Waals surface area contributed by atoms with Crippen LogP contribution in [0.1, 0.15) is 50.5 Å². The van der Waals surface area contributed by atoms with E-state index in [2.05, 4.69) is 20.6 Å². The van der Waals surface area contributed by atoms with Crippen LogP contribution in [0.3, 0.4) is 0 Å². The Kier molecular flexibility index (Phi) is 6.52. The Labute approximate surface area is 173 Å². The Bertz CT molecular complexity index is 728. The molecule has 4 rings (SSSR count). The van der Waals surface area contributed by atoms with Gasteiger partial charge in [0, 0.05) is 50.9 Å². The summed E-state index contributed by atoms with van der Waals surface area (Å²) in [5.74, 6) is 2.78. The summed E-state index contributed by atoms with van der Waals surface area (Å²) in [6.45, 7) is 3.03. The molecule has 1 unspecified atom stereocenters. The van der Waals surface area contributed by atoms with Gasteiger partial charge in [-0.3, -0.25) is 9.79 Å². The first-order chi connectivity index (χ1) is 14.2. The minimum absolute atomic E-state index is 0.251. The average molecular weight is 400 g/mol. The highest BCUT2D eigenvalue weighted by Crippen LogP contribution is 2.29. The van der Waals surface area contributed by atoms with Crippen molar-refractivity contribution in [2.75, 3.05) is 26.7 Å². The normalized spacial score (nSPS) is 22.7. The van der Waals surface area contributed by atoms with Gasteiger partial charge in [0.1, 0.15) is 0 Å².